The molecule has 168 valence electrons. The third kappa shape index (κ3) is 5.55. The molecule has 2 aliphatic rings. The van der Waals surface area contributed by atoms with Gasteiger partial charge in [0.05, 0.1) is 13.0 Å². The van der Waals surface area contributed by atoms with Crippen molar-refractivity contribution in [3.05, 3.63) is 28.2 Å². The average Bonchev–Trinajstić information content (AvgIpc) is 2.71. The number of methoxy groups -OCH3 is 1. The van der Waals surface area contributed by atoms with Crippen LogP contribution in [0.1, 0.15) is 38.7 Å². The highest BCUT2D eigenvalue weighted by Gasteiger charge is 2.38. The normalized spacial score (nSPS) is 26.3. The van der Waals surface area contributed by atoms with Gasteiger partial charge in [0, 0.05) is 42.8 Å². The van der Waals surface area contributed by atoms with Crippen LogP contribution in [-0.4, -0.2) is 56.2 Å². The number of nitrogens with one attached hydrogen (secondary N) is 1. The summed E-state index contributed by atoms with van der Waals surface area (Å²) in [6, 6.07) is 5.65. The largest absolute Gasteiger partial charge is 0.496 e. The molecule has 0 saturated carbocycles. The van der Waals surface area contributed by atoms with E-state index < -0.39 is 10.2 Å². The second kappa shape index (κ2) is 9.97. The van der Waals surface area contributed by atoms with Gasteiger partial charge in [-0.15, -0.1) is 0 Å². The fourth-order valence-electron chi connectivity index (χ4n) is 4.54. The number of ether oxygens (including phenoxy) is 1. The quantitative estimate of drug-likeness (QED) is 0.649. The van der Waals surface area contributed by atoms with E-state index >= 15 is 0 Å². The van der Waals surface area contributed by atoms with Crippen molar-refractivity contribution in [3.8, 4) is 5.75 Å². The first-order valence-electron chi connectivity index (χ1n) is 10.6. The lowest BCUT2D eigenvalue weighted by molar-refractivity contribution is -0.126. The zero-order valence-corrected chi connectivity index (χ0v) is 20.3. The highest BCUT2D eigenvalue weighted by atomic mass is 79.9. The lowest BCUT2D eigenvalue weighted by atomic mass is 9.94. The van der Waals surface area contributed by atoms with Crippen LogP contribution in [0.5, 0.6) is 5.75 Å². The van der Waals surface area contributed by atoms with Gasteiger partial charge in [0.2, 0.25) is 5.91 Å². The zero-order chi connectivity index (χ0) is 21.9. The second-order valence-electron chi connectivity index (χ2n) is 8.64. The molecule has 2 saturated heterocycles. The predicted molar refractivity (Wildman–Crippen MR) is 120 cm³/mol. The van der Waals surface area contributed by atoms with Crippen LogP contribution in [0.3, 0.4) is 0 Å². The van der Waals surface area contributed by atoms with E-state index in [0.717, 1.165) is 16.5 Å². The molecule has 30 heavy (non-hydrogen) atoms. The highest BCUT2D eigenvalue weighted by Crippen LogP contribution is 2.28. The summed E-state index contributed by atoms with van der Waals surface area (Å²) in [4.78, 5) is 12.8. The van der Waals surface area contributed by atoms with Gasteiger partial charge in [0.15, 0.2) is 0 Å². The van der Waals surface area contributed by atoms with Crippen LogP contribution in [0.25, 0.3) is 0 Å². The van der Waals surface area contributed by atoms with Crippen molar-refractivity contribution in [2.24, 2.45) is 17.8 Å². The number of hydrogen-bond acceptors (Lipinski definition) is 4. The van der Waals surface area contributed by atoms with Gasteiger partial charge in [-0.1, -0.05) is 29.8 Å². The summed E-state index contributed by atoms with van der Waals surface area (Å²) in [5.41, 5.74) is 0.872. The molecule has 0 aliphatic carbocycles. The Morgan fingerprint density at radius 3 is 2.57 bits per heavy atom. The summed E-state index contributed by atoms with van der Waals surface area (Å²) >= 11 is 3.44. The molecule has 1 N–H and O–H groups in total. The molecule has 0 bridgehead atoms. The van der Waals surface area contributed by atoms with E-state index in [0.29, 0.717) is 56.6 Å². The first-order valence-corrected chi connectivity index (χ1v) is 12.7. The molecule has 0 spiro atoms. The SMILES string of the molecule is COc1ccc(Br)cc1CNC(=O)[C@H]1CCCN(S(=O)(=O)N2C[C@H](C)C[C@H](C)C2)C1. The van der Waals surface area contributed by atoms with Gasteiger partial charge in [-0.2, -0.15) is 17.0 Å². The zero-order valence-electron chi connectivity index (χ0n) is 17.9. The Hall–Kier alpha value is -1.16. The van der Waals surface area contributed by atoms with E-state index in [1.54, 1.807) is 11.4 Å². The van der Waals surface area contributed by atoms with Crippen LogP contribution in [-0.2, 0) is 21.5 Å². The monoisotopic (exact) mass is 501 g/mol. The van der Waals surface area contributed by atoms with Gasteiger partial charge in [-0.25, -0.2) is 0 Å². The average molecular weight is 502 g/mol. The Labute approximate surface area is 188 Å². The van der Waals surface area contributed by atoms with Crippen molar-refractivity contribution in [1.29, 1.82) is 0 Å². The van der Waals surface area contributed by atoms with E-state index in [2.05, 4.69) is 35.1 Å². The summed E-state index contributed by atoms with van der Waals surface area (Å²) in [5, 5.41) is 2.96. The van der Waals surface area contributed by atoms with E-state index in [-0.39, 0.29) is 18.4 Å². The van der Waals surface area contributed by atoms with Crippen LogP contribution in [0, 0.1) is 17.8 Å². The van der Waals surface area contributed by atoms with E-state index in [1.165, 1.54) is 4.31 Å². The number of benzene rings is 1. The fraction of sp³-hybridized carbons (Fsp3) is 0.667. The number of hydrogen-bond donors (Lipinski definition) is 1. The predicted octanol–water partition coefficient (Wildman–Crippen LogP) is 3.01. The maximum Gasteiger partial charge on any atom is 0.282 e. The van der Waals surface area contributed by atoms with Gasteiger partial charge in [-0.3, -0.25) is 4.79 Å². The lowest BCUT2D eigenvalue weighted by Crippen LogP contribution is -2.53. The molecule has 9 heteroatoms. The van der Waals surface area contributed by atoms with Gasteiger partial charge >= 0.3 is 0 Å². The molecule has 0 aromatic heterocycles. The van der Waals surface area contributed by atoms with Crippen LogP contribution in [0.15, 0.2) is 22.7 Å². The summed E-state index contributed by atoms with van der Waals surface area (Å²) in [7, 11) is -1.94. The Kier molecular flexibility index (Phi) is 7.81. The maximum atomic E-state index is 13.2. The molecule has 1 aromatic rings. The Bertz CT molecular complexity index is 854. The summed E-state index contributed by atoms with van der Waals surface area (Å²) in [6.45, 7) is 6.37. The molecular weight excluding hydrogens is 470 g/mol. The number of halogens is 1. The minimum atomic E-state index is -3.54. The van der Waals surface area contributed by atoms with Gasteiger partial charge < -0.3 is 10.1 Å². The van der Waals surface area contributed by atoms with Crippen LogP contribution in [0.4, 0.5) is 0 Å². The third-order valence-electron chi connectivity index (χ3n) is 5.94. The van der Waals surface area contributed by atoms with Gasteiger partial charge in [0.1, 0.15) is 5.75 Å². The van der Waals surface area contributed by atoms with Crippen molar-refractivity contribution in [1.82, 2.24) is 13.9 Å². The van der Waals surface area contributed by atoms with Crippen LogP contribution in [0.2, 0.25) is 0 Å². The standard InChI is InChI=1S/C21H32BrN3O4S/c1-15-9-16(2)13-25(12-15)30(27,28)24-8-4-5-17(14-24)21(26)23-11-18-10-19(22)6-7-20(18)29-3/h6-7,10,15-17H,4-5,8-9,11-14H2,1-3H3,(H,23,26)/t15-,16+,17-/m0/s1. The van der Waals surface area contributed by atoms with Crippen molar-refractivity contribution < 1.29 is 17.9 Å². The topological polar surface area (TPSA) is 79.0 Å². The summed E-state index contributed by atoms with van der Waals surface area (Å²) in [6.07, 6.45) is 2.44. The highest BCUT2D eigenvalue weighted by molar-refractivity contribution is 9.10. The number of piperidine rings is 2. The van der Waals surface area contributed by atoms with Crippen molar-refractivity contribution in [2.45, 2.75) is 39.7 Å². The van der Waals surface area contributed by atoms with Crippen molar-refractivity contribution in [3.63, 3.8) is 0 Å². The van der Waals surface area contributed by atoms with Crippen molar-refractivity contribution >= 4 is 32.0 Å². The Balaban J connectivity index is 1.63. The first-order chi connectivity index (χ1) is 14.2. The van der Waals surface area contributed by atoms with Gasteiger partial charge in [0.25, 0.3) is 10.2 Å². The molecular formula is C21H32BrN3O4S. The Morgan fingerprint density at radius 2 is 1.90 bits per heavy atom. The van der Waals surface area contributed by atoms with E-state index in [1.807, 2.05) is 18.2 Å². The maximum absolute atomic E-state index is 13.2. The molecule has 7 nitrogen and oxygen atoms in total. The number of carbonyl (C=O) groups is 1. The minimum Gasteiger partial charge on any atom is -0.496 e. The summed E-state index contributed by atoms with van der Waals surface area (Å²) in [5.74, 6) is 0.962. The number of nitrogens with zero attached hydrogens (tertiary/aromatic N) is 2. The number of rotatable bonds is 6. The second-order valence-corrected chi connectivity index (χ2v) is 11.5. The molecule has 2 fully saturated rings. The third-order valence-corrected chi connectivity index (χ3v) is 8.37. The molecule has 1 amide bonds. The molecule has 0 unspecified atom stereocenters. The van der Waals surface area contributed by atoms with E-state index in [4.69, 9.17) is 4.74 Å². The Morgan fingerprint density at radius 1 is 1.20 bits per heavy atom. The molecule has 2 heterocycles. The molecule has 2 aliphatic heterocycles. The fourth-order valence-corrected chi connectivity index (χ4v) is 6.88. The van der Waals surface area contributed by atoms with Gasteiger partial charge in [-0.05, 0) is 49.3 Å². The van der Waals surface area contributed by atoms with Crippen molar-refractivity contribution in [2.75, 3.05) is 33.3 Å². The molecule has 0 radical (unpaired) electrons. The number of amides is 1. The van der Waals surface area contributed by atoms with Crippen LogP contribution < -0.4 is 10.1 Å². The molecule has 3 atom stereocenters. The summed E-state index contributed by atoms with van der Waals surface area (Å²) < 4.78 is 35.8. The number of carbonyl (C=O) groups excluding carboxylic acids is 1. The minimum absolute atomic E-state index is 0.114. The smallest absolute Gasteiger partial charge is 0.282 e. The lowest BCUT2D eigenvalue weighted by Gasteiger charge is -2.39. The molecule has 1 aromatic carbocycles. The van der Waals surface area contributed by atoms with Crippen LogP contribution >= 0.6 is 15.9 Å². The van der Waals surface area contributed by atoms with E-state index in [9.17, 15) is 13.2 Å². The first kappa shape index (κ1) is 23.5. The molecule has 3 rings (SSSR count).